The molecule has 1 aliphatic rings. The maximum Gasteiger partial charge on any atom is 0.0611 e. The van der Waals surface area contributed by atoms with Crippen LogP contribution in [-0.2, 0) is 6.42 Å². The van der Waals surface area contributed by atoms with E-state index in [-0.39, 0.29) is 6.10 Å². The molecule has 0 spiro atoms. The lowest BCUT2D eigenvalue weighted by atomic mass is 9.89. The average molecular weight is 205 g/mol. The van der Waals surface area contributed by atoms with E-state index >= 15 is 0 Å². The van der Waals surface area contributed by atoms with Crippen molar-refractivity contribution < 1.29 is 5.11 Å². The zero-order valence-electron chi connectivity index (χ0n) is 9.26. The fourth-order valence-electron chi connectivity index (χ4n) is 2.66. The van der Waals surface area contributed by atoms with Gasteiger partial charge in [-0.1, -0.05) is 25.8 Å². The van der Waals surface area contributed by atoms with E-state index in [1.807, 2.05) is 18.3 Å². The van der Waals surface area contributed by atoms with E-state index in [4.69, 9.17) is 0 Å². The first-order valence-electron chi connectivity index (χ1n) is 5.84. The maximum absolute atomic E-state index is 10.1. The van der Waals surface area contributed by atoms with Crippen LogP contribution in [0.5, 0.6) is 0 Å². The lowest BCUT2D eigenvalue weighted by Crippen LogP contribution is -2.24. The number of hydrogen-bond donors (Lipinski definition) is 1. The smallest absolute Gasteiger partial charge is 0.0611 e. The molecular weight excluding hydrogens is 186 g/mol. The first kappa shape index (κ1) is 10.6. The van der Waals surface area contributed by atoms with Gasteiger partial charge in [0, 0.05) is 18.8 Å². The van der Waals surface area contributed by atoms with E-state index in [0.717, 1.165) is 12.0 Å². The molecule has 0 radical (unpaired) electrons. The predicted molar refractivity (Wildman–Crippen MR) is 60.5 cm³/mol. The van der Waals surface area contributed by atoms with Crippen LogP contribution in [0.25, 0.3) is 0 Å². The zero-order valence-corrected chi connectivity index (χ0v) is 9.26. The topological polar surface area (TPSA) is 33.1 Å². The highest BCUT2D eigenvalue weighted by Crippen LogP contribution is 2.34. The number of aliphatic hydroxyl groups excluding tert-OH is 1. The SMILES string of the molecule is CC1CCCC1C(O)Cc1cccnc1. The number of hydrogen-bond acceptors (Lipinski definition) is 2. The Morgan fingerprint density at radius 3 is 3.00 bits per heavy atom. The molecule has 2 nitrogen and oxygen atoms in total. The van der Waals surface area contributed by atoms with Crippen LogP contribution in [0.2, 0.25) is 0 Å². The van der Waals surface area contributed by atoms with Gasteiger partial charge in [0.1, 0.15) is 0 Å². The highest BCUT2D eigenvalue weighted by Gasteiger charge is 2.29. The fourth-order valence-corrected chi connectivity index (χ4v) is 2.66. The molecule has 3 atom stereocenters. The van der Waals surface area contributed by atoms with Crippen molar-refractivity contribution in [3.8, 4) is 0 Å². The van der Waals surface area contributed by atoms with Crippen LogP contribution in [0, 0.1) is 11.8 Å². The minimum atomic E-state index is -0.188. The summed E-state index contributed by atoms with van der Waals surface area (Å²) in [4.78, 5) is 4.07. The molecule has 0 bridgehead atoms. The Morgan fingerprint density at radius 2 is 2.40 bits per heavy atom. The average Bonchev–Trinajstić information content (AvgIpc) is 2.66. The molecular formula is C13H19NO. The molecule has 1 aromatic heterocycles. The Hall–Kier alpha value is -0.890. The molecule has 15 heavy (non-hydrogen) atoms. The summed E-state index contributed by atoms with van der Waals surface area (Å²) >= 11 is 0. The van der Waals surface area contributed by atoms with Gasteiger partial charge in [0.15, 0.2) is 0 Å². The lowest BCUT2D eigenvalue weighted by Gasteiger charge is -2.21. The molecule has 1 heterocycles. The number of aliphatic hydroxyl groups is 1. The number of pyridine rings is 1. The first-order chi connectivity index (χ1) is 7.27. The summed E-state index contributed by atoms with van der Waals surface area (Å²) in [6.07, 6.45) is 7.92. The highest BCUT2D eigenvalue weighted by atomic mass is 16.3. The molecule has 2 rings (SSSR count). The van der Waals surface area contributed by atoms with E-state index < -0.39 is 0 Å². The van der Waals surface area contributed by atoms with Gasteiger partial charge in [0.25, 0.3) is 0 Å². The molecule has 2 heteroatoms. The Balaban J connectivity index is 1.94. The third kappa shape index (κ3) is 2.57. The summed E-state index contributed by atoms with van der Waals surface area (Å²) in [7, 11) is 0. The number of aromatic nitrogens is 1. The van der Waals surface area contributed by atoms with Gasteiger partial charge in [0.2, 0.25) is 0 Å². The van der Waals surface area contributed by atoms with Gasteiger partial charge in [-0.15, -0.1) is 0 Å². The Labute approximate surface area is 91.4 Å². The molecule has 0 saturated heterocycles. The summed E-state index contributed by atoms with van der Waals surface area (Å²) in [5, 5.41) is 10.1. The molecule has 1 N–H and O–H groups in total. The fraction of sp³-hybridized carbons (Fsp3) is 0.615. The van der Waals surface area contributed by atoms with Crippen LogP contribution in [-0.4, -0.2) is 16.2 Å². The van der Waals surface area contributed by atoms with Crippen molar-refractivity contribution in [2.24, 2.45) is 11.8 Å². The quantitative estimate of drug-likeness (QED) is 0.822. The van der Waals surface area contributed by atoms with Gasteiger partial charge < -0.3 is 5.11 Å². The van der Waals surface area contributed by atoms with Crippen molar-refractivity contribution in [2.45, 2.75) is 38.7 Å². The second-order valence-corrected chi connectivity index (χ2v) is 4.70. The second-order valence-electron chi connectivity index (χ2n) is 4.70. The van der Waals surface area contributed by atoms with Gasteiger partial charge in [0.05, 0.1) is 6.10 Å². The van der Waals surface area contributed by atoms with E-state index in [1.54, 1.807) is 6.20 Å². The van der Waals surface area contributed by atoms with E-state index in [9.17, 15) is 5.11 Å². The van der Waals surface area contributed by atoms with Crippen molar-refractivity contribution >= 4 is 0 Å². The molecule has 0 aliphatic heterocycles. The molecule has 0 amide bonds. The molecule has 1 aromatic rings. The molecule has 0 aromatic carbocycles. The molecule has 3 unspecified atom stereocenters. The van der Waals surface area contributed by atoms with Crippen molar-refractivity contribution in [1.82, 2.24) is 4.98 Å². The van der Waals surface area contributed by atoms with Gasteiger partial charge in [-0.2, -0.15) is 0 Å². The first-order valence-corrected chi connectivity index (χ1v) is 5.84. The summed E-state index contributed by atoms with van der Waals surface area (Å²) in [5.41, 5.74) is 1.14. The van der Waals surface area contributed by atoms with Crippen molar-refractivity contribution in [3.63, 3.8) is 0 Å². The largest absolute Gasteiger partial charge is 0.392 e. The third-order valence-corrected chi connectivity index (χ3v) is 3.59. The normalized spacial score (nSPS) is 27.9. The van der Waals surface area contributed by atoms with Crippen LogP contribution in [0.3, 0.4) is 0 Å². The molecule has 1 fully saturated rings. The van der Waals surface area contributed by atoms with Crippen molar-refractivity contribution in [2.75, 3.05) is 0 Å². The van der Waals surface area contributed by atoms with Crippen molar-refractivity contribution in [3.05, 3.63) is 30.1 Å². The maximum atomic E-state index is 10.1. The van der Waals surface area contributed by atoms with Gasteiger partial charge >= 0.3 is 0 Å². The third-order valence-electron chi connectivity index (χ3n) is 3.59. The van der Waals surface area contributed by atoms with Crippen LogP contribution < -0.4 is 0 Å². The molecule has 82 valence electrons. The van der Waals surface area contributed by atoms with Crippen LogP contribution in [0.4, 0.5) is 0 Å². The Bertz CT molecular complexity index is 299. The number of rotatable bonds is 3. The van der Waals surface area contributed by atoms with Crippen LogP contribution in [0.15, 0.2) is 24.5 Å². The van der Waals surface area contributed by atoms with Gasteiger partial charge in [-0.05, 0) is 29.9 Å². The Kier molecular flexibility index (Phi) is 3.37. The lowest BCUT2D eigenvalue weighted by molar-refractivity contribution is 0.0901. The van der Waals surface area contributed by atoms with Gasteiger partial charge in [-0.3, -0.25) is 4.98 Å². The van der Waals surface area contributed by atoms with Gasteiger partial charge in [-0.25, -0.2) is 0 Å². The van der Waals surface area contributed by atoms with E-state index in [1.165, 1.54) is 19.3 Å². The minimum Gasteiger partial charge on any atom is -0.392 e. The highest BCUT2D eigenvalue weighted by molar-refractivity contribution is 5.10. The zero-order chi connectivity index (χ0) is 10.7. The molecule has 1 aliphatic carbocycles. The second kappa shape index (κ2) is 4.75. The summed E-state index contributed by atoms with van der Waals surface area (Å²) < 4.78 is 0. The molecule has 1 saturated carbocycles. The van der Waals surface area contributed by atoms with E-state index in [2.05, 4.69) is 11.9 Å². The monoisotopic (exact) mass is 205 g/mol. The van der Waals surface area contributed by atoms with Crippen LogP contribution >= 0.6 is 0 Å². The predicted octanol–water partition coefficient (Wildman–Crippen LogP) is 2.42. The minimum absolute atomic E-state index is 0.188. The summed E-state index contributed by atoms with van der Waals surface area (Å²) in [6, 6.07) is 3.97. The number of nitrogens with zero attached hydrogens (tertiary/aromatic N) is 1. The van der Waals surface area contributed by atoms with E-state index in [0.29, 0.717) is 11.8 Å². The standard InChI is InChI=1S/C13H19NO/c1-10-4-2-6-12(10)13(15)8-11-5-3-7-14-9-11/h3,5,7,9-10,12-13,15H,2,4,6,8H2,1H3. The summed E-state index contributed by atoms with van der Waals surface area (Å²) in [6.45, 7) is 2.25. The Morgan fingerprint density at radius 1 is 1.53 bits per heavy atom. The van der Waals surface area contributed by atoms with Crippen LogP contribution in [0.1, 0.15) is 31.7 Å². The summed E-state index contributed by atoms with van der Waals surface area (Å²) in [5.74, 6) is 1.17. The van der Waals surface area contributed by atoms with Crippen molar-refractivity contribution in [1.29, 1.82) is 0 Å².